The Morgan fingerprint density at radius 3 is 2.60 bits per heavy atom. The van der Waals surface area contributed by atoms with Crippen LogP contribution < -0.4 is 4.90 Å². The SMILES string of the molecule is C=CCN1CCc2nc(-c3ccncc3)nc(N3CCCCC3)c2C1. The summed E-state index contributed by atoms with van der Waals surface area (Å²) in [6, 6.07) is 3.99. The van der Waals surface area contributed by atoms with E-state index in [0.29, 0.717) is 0 Å². The third-order valence-electron chi connectivity index (χ3n) is 5.10. The van der Waals surface area contributed by atoms with Gasteiger partial charge in [0, 0.05) is 62.7 Å². The molecule has 4 heterocycles. The van der Waals surface area contributed by atoms with Crippen LogP contribution in [0.25, 0.3) is 11.4 Å². The zero-order valence-electron chi connectivity index (χ0n) is 14.7. The van der Waals surface area contributed by atoms with Crippen molar-refractivity contribution in [2.45, 2.75) is 32.2 Å². The van der Waals surface area contributed by atoms with Crippen molar-refractivity contribution in [1.29, 1.82) is 0 Å². The fourth-order valence-corrected chi connectivity index (χ4v) is 3.79. The summed E-state index contributed by atoms with van der Waals surface area (Å²) in [5.74, 6) is 1.98. The van der Waals surface area contributed by atoms with Gasteiger partial charge in [-0.15, -0.1) is 6.58 Å². The lowest BCUT2D eigenvalue weighted by Crippen LogP contribution is -2.36. The molecule has 4 rings (SSSR count). The molecule has 0 radical (unpaired) electrons. The van der Waals surface area contributed by atoms with Gasteiger partial charge in [-0.1, -0.05) is 6.08 Å². The lowest BCUT2D eigenvalue weighted by molar-refractivity contribution is 0.279. The Balaban J connectivity index is 1.76. The number of hydrogen-bond acceptors (Lipinski definition) is 5. The van der Waals surface area contributed by atoms with Gasteiger partial charge >= 0.3 is 0 Å². The zero-order chi connectivity index (χ0) is 17.1. The average molecular weight is 335 g/mol. The minimum absolute atomic E-state index is 0.832. The molecule has 2 aliphatic heterocycles. The van der Waals surface area contributed by atoms with Gasteiger partial charge in [-0.2, -0.15) is 0 Å². The lowest BCUT2D eigenvalue weighted by atomic mass is 10.0. The molecule has 5 nitrogen and oxygen atoms in total. The molecule has 1 fully saturated rings. The lowest BCUT2D eigenvalue weighted by Gasteiger charge is -2.34. The number of fused-ring (bicyclic) bond motifs is 1. The predicted octanol–water partition coefficient (Wildman–Crippen LogP) is 3.07. The van der Waals surface area contributed by atoms with Crippen molar-refractivity contribution in [2.75, 3.05) is 31.1 Å². The third kappa shape index (κ3) is 3.42. The van der Waals surface area contributed by atoms with Gasteiger partial charge in [-0.3, -0.25) is 9.88 Å². The first kappa shape index (κ1) is 16.2. The fourth-order valence-electron chi connectivity index (χ4n) is 3.79. The van der Waals surface area contributed by atoms with E-state index in [4.69, 9.17) is 9.97 Å². The van der Waals surface area contributed by atoms with Crippen molar-refractivity contribution in [2.24, 2.45) is 0 Å². The van der Waals surface area contributed by atoms with Gasteiger partial charge in [0.25, 0.3) is 0 Å². The van der Waals surface area contributed by atoms with Gasteiger partial charge in [0.1, 0.15) is 5.82 Å². The molecule has 0 N–H and O–H groups in total. The van der Waals surface area contributed by atoms with E-state index in [1.807, 2.05) is 30.6 Å². The van der Waals surface area contributed by atoms with Crippen LogP contribution in [0.3, 0.4) is 0 Å². The minimum atomic E-state index is 0.832. The Morgan fingerprint density at radius 2 is 1.84 bits per heavy atom. The van der Waals surface area contributed by atoms with Crippen LogP contribution in [-0.2, 0) is 13.0 Å². The van der Waals surface area contributed by atoms with E-state index in [2.05, 4.69) is 21.4 Å². The summed E-state index contributed by atoms with van der Waals surface area (Å²) in [7, 11) is 0. The maximum Gasteiger partial charge on any atom is 0.161 e. The van der Waals surface area contributed by atoms with E-state index in [-0.39, 0.29) is 0 Å². The molecule has 0 aliphatic carbocycles. The summed E-state index contributed by atoms with van der Waals surface area (Å²) >= 11 is 0. The Morgan fingerprint density at radius 1 is 1.04 bits per heavy atom. The summed E-state index contributed by atoms with van der Waals surface area (Å²) < 4.78 is 0. The molecule has 0 saturated carbocycles. The molecule has 0 atom stereocenters. The summed E-state index contributed by atoms with van der Waals surface area (Å²) in [4.78, 5) is 18.9. The van der Waals surface area contributed by atoms with E-state index < -0.39 is 0 Å². The molecule has 25 heavy (non-hydrogen) atoms. The first-order chi connectivity index (χ1) is 12.3. The standard InChI is InChI=1S/C20H25N5/c1-2-11-24-14-8-18-17(15-24)20(25-12-4-3-5-13-25)23-19(22-18)16-6-9-21-10-7-16/h2,6-7,9-10H,1,3-5,8,11-15H2. The van der Waals surface area contributed by atoms with Crippen LogP contribution >= 0.6 is 0 Å². The maximum atomic E-state index is 5.01. The van der Waals surface area contributed by atoms with Gasteiger partial charge in [-0.25, -0.2) is 9.97 Å². The Bertz CT molecular complexity index is 737. The number of hydrogen-bond donors (Lipinski definition) is 0. The first-order valence-corrected chi connectivity index (χ1v) is 9.23. The van der Waals surface area contributed by atoms with Crippen molar-refractivity contribution >= 4 is 5.82 Å². The summed E-state index contributed by atoms with van der Waals surface area (Å²) in [5, 5.41) is 0. The highest BCUT2D eigenvalue weighted by Crippen LogP contribution is 2.31. The van der Waals surface area contributed by atoms with Crippen LogP contribution in [0.5, 0.6) is 0 Å². The summed E-state index contributed by atoms with van der Waals surface area (Å²) in [5.41, 5.74) is 3.57. The van der Waals surface area contributed by atoms with E-state index in [0.717, 1.165) is 56.4 Å². The second-order valence-electron chi connectivity index (χ2n) is 6.85. The molecule has 5 heteroatoms. The monoisotopic (exact) mass is 335 g/mol. The highest BCUT2D eigenvalue weighted by atomic mass is 15.2. The van der Waals surface area contributed by atoms with Crippen molar-refractivity contribution < 1.29 is 0 Å². The predicted molar refractivity (Wildman–Crippen MR) is 101 cm³/mol. The molecule has 2 aliphatic rings. The van der Waals surface area contributed by atoms with Crippen molar-refractivity contribution in [1.82, 2.24) is 19.9 Å². The Labute approximate surface area is 149 Å². The van der Waals surface area contributed by atoms with Gasteiger partial charge in [0.2, 0.25) is 0 Å². The molecular weight excluding hydrogens is 310 g/mol. The molecule has 0 aromatic carbocycles. The Kier molecular flexibility index (Phi) is 4.74. The normalized spacial score (nSPS) is 18.0. The second-order valence-corrected chi connectivity index (χ2v) is 6.85. The van der Waals surface area contributed by atoms with Crippen LogP contribution in [0.2, 0.25) is 0 Å². The second kappa shape index (κ2) is 7.31. The molecule has 0 unspecified atom stereocenters. The smallest absolute Gasteiger partial charge is 0.161 e. The van der Waals surface area contributed by atoms with Crippen molar-refractivity contribution in [3.8, 4) is 11.4 Å². The highest BCUT2D eigenvalue weighted by molar-refractivity contribution is 5.60. The molecular formula is C20H25N5. The van der Waals surface area contributed by atoms with Crippen LogP contribution in [0.1, 0.15) is 30.5 Å². The van der Waals surface area contributed by atoms with Gasteiger partial charge < -0.3 is 4.90 Å². The van der Waals surface area contributed by atoms with Gasteiger partial charge in [0.05, 0.1) is 5.69 Å². The Hall–Kier alpha value is -2.27. The topological polar surface area (TPSA) is 45.2 Å². The number of aromatic nitrogens is 3. The fraction of sp³-hybridized carbons (Fsp3) is 0.450. The molecule has 2 aromatic heterocycles. The van der Waals surface area contributed by atoms with Crippen molar-refractivity contribution in [3.05, 3.63) is 48.4 Å². The average Bonchev–Trinajstić information content (AvgIpc) is 2.69. The van der Waals surface area contributed by atoms with E-state index in [1.165, 1.54) is 30.5 Å². The third-order valence-corrected chi connectivity index (χ3v) is 5.10. The maximum absolute atomic E-state index is 5.01. The molecule has 1 saturated heterocycles. The number of piperidine rings is 1. The number of nitrogens with zero attached hydrogens (tertiary/aromatic N) is 5. The molecule has 0 bridgehead atoms. The van der Waals surface area contributed by atoms with Crippen LogP contribution in [-0.4, -0.2) is 46.0 Å². The number of pyridine rings is 1. The highest BCUT2D eigenvalue weighted by Gasteiger charge is 2.25. The molecule has 0 amide bonds. The minimum Gasteiger partial charge on any atom is -0.356 e. The number of rotatable bonds is 4. The van der Waals surface area contributed by atoms with Gasteiger partial charge in [0.15, 0.2) is 5.82 Å². The zero-order valence-corrected chi connectivity index (χ0v) is 14.7. The summed E-state index contributed by atoms with van der Waals surface area (Å²) in [6.07, 6.45) is 10.4. The molecule has 130 valence electrons. The van der Waals surface area contributed by atoms with Gasteiger partial charge in [-0.05, 0) is 31.4 Å². The first-order valence-electron chi connectivity index (χ1n) is 9.23. The molecule has 0 spiro atoms. The van der Waals surface area contributed by atoms with E-state index in [9.17, 15) is 0 Å². The quantitative estimate of drug-likeness (QED) is 0.804. The number of anilines is 1. The summed E-state index contributed by atoms with van der Waals surface area (Å²) in [6.45, 7) is 8.96. The largest absolute Gasteiger partial charge is 0.356 e. The molecule has 2 aromatic rings. The van der Waals surface area contributed by atoms with E-state index >= 15 is 0 Å². The van der Waals surface area contributed by atoms with Crippen LogP contribution in [0.15, 0.2) is 37.2 Å². The van der Waals surface area contributed by atoms with Crippen molar-refractivity contribution in [3.63, 3.8) is 0 Å². The van der Waals surface area contributed by atoms with Crippen LogP contribution in [0, 0.1) is 0 Å². The van der Waals surface area contributed by atoms with E-state index in [1.54, 1.807) is 0 Å². The van der Waals surface area contributed by atoms with Crippen LogP contribution in [0.4, 0.5) is 5.82 Å².